The van der Waals surface area contributed by atoms with Crippen LogP contribution in [-0.4, -0.2) is 35.7 Å². The normalized spacial score (nSPS) is 23.5. The van der Waals surface area contributed by atoms with Crippen LogP contribution in [-0.2, 0) is 4.74 Å². The number of hydrogen-bond acceptors (Lipinski definition) is 3. The Balaban J connectivity index is 2.07. The minimum atomic E-state index is -0.459. The first kappa shape index (κ1) is 14.9. The Morgan fingerprint density at radius 3 is 2.55 bits per heavy atom. The van der Waals surface area contributed by atoms with Gasteiger partial charge in [-0.05, 0) is 32.8 Å². The Kier molecular flexibility index (Phi) is 4.33. The molecular formula is C16H24N2O2. The predicted molar refractivity (Wildman–Crippen MR) is 79.6 cm³/mol. The SMILES string of the molecule is CC(C)(C)OC(=O)N1CC[C@@H](N)[C@H](c2ccccc2)C1. The molecule has 1 amide bonds. The van der Waals surface area contributed by atoms with E-state index in [4.69, 9.17) is 10.5 Å². The Morgan fingerprint density at radius 2 is 1.95 bits per heavy atom. The van der Waals surface area contributed by atoms with Crippen LogP contribution in [0.15, 0.2) is 30.3 Å². The number of piperidine rings is 1. The highest BCUT2D eigenvalue weighted by Crippen LogP contribution is 2.27. The molecule has 2 rings (SSSR count). The third-order valence-electron chi connectivity index (χ3n) is 3.55. The highest BCUT2D eigenvalue weighted by molar-refractivity contribution is 5.68. The fraction of sp³-hybridized carbons (Fsp3) is 0.562. The van der Waals surface area contributed by atoms with Crippen molar-refractivity contribution in [3.63, 3.8) is 0 Å². The van der Waals surface area contributed by atoms with Crippen LogP contribution in [0.2, 0.25) is 0 Å². The predicted octanol–water partition coefficient (Wildman–Crippen LogP) is 2.74. The molecule has 0 aliphatic carbocycles. The molecule has 0 unspecified atom stereocenters. The van der Waals surface area contributed by atoms with E-state index in [0.717, 1.165) is 6.42 Å². The number of benzene rings is 1. The van der Waals surface area contributed by atoms with Gasteiger partial charge in [-0.1, -0.05) is 30.3 Å². The molecule has 2 atom stereocenters. The van der Waals surface area contributed by atoms with Crippen LogP contribution >= 0.6 is 0 Å². The number of nitrogens with two attached hydrogens (primary N) is 1. The minimum Gasteiger partial charge on any atom is -0.444 e. The number of amides is 1. The van der Waals surface area contributed by atoms with E-state index in [1.807, 2.05) is 39.0 Å². The summed E-state index contributed by atoms with van der Waals surface area (Å²) < 4.78 is 5.44. The number of hydrogen-bond donors (Lipinski definition) is 1. The largest absolute Gasteiger partial charge is 0.444 e. The van der Waals surface area contributed by atoms with Gasteiger partial charge in [0.2, 0.25) is 0 Å². The van der Waals surface area contributed by atoms with Crippen molar-refractivity contribution in [1.82, 2.24) is 4.90 Å². The van der Waals surface area contributed by atoms with E-state index in [1.54, 1.807) is 4.90 Å². The monoisotopic (exact) mass is 276 g/mol. The van der Waals surface area contributed by atoms with Gasteiger partial charge in [0.25, 0.3) is 0 Å². The first-order valence-corrected chi connectivity index (χ1v) is 7.15. The quantitative estimate of drug-likeness (QED) is 0.858. The lowest BCUT2D eigenvalue weighted by Crippen LogP contribution is -2.49. The number of ether oxygens (including phenoxy) is 1. The molecule has 0 spiro atoms. The highest BCUT2D eigenvalue weighted by Gasteiger charge is 2.32. The molecule has 4 nitrogen and oxygen atoms in total. The van der Waals surface area contributed by atoms with E-state index in [2.05, 4.69) is 12.1 Å². The summed E-state index contributed by atoms with van der Waals surface area (Å²) in [7, 11) is 0. The average Bonchev–Trinajstić information content (AvgIpc) is 2.38. The summed E-state index contributed by atoms with van der Waals surface area (Å²) in [5, 5.41) is 0. The summed E-state index contributed by atoms with van der Waals surface area (Å²) in [6.07, 6.45) is 0.559. The number of likely N-dealkylation sites (tertiary alicyclic amines) is 1. The molecule has 0 saturated carbocycles. The van der Waals surface area contributed by atoms with Crippen LogP contribution in [0.25, 0.3) is 0 Å². The van der Waals surface area contributed by atoms with E-state index in [0.29, 0.717) is 13.1 Å². The van der Waals surface area contributed by atoms with Crippen LogP contribution in [0.5, 0.6) is 0 Å². The Hall–Kier alpha value is -1.55. The Morgan fingerprint density at radius 1 is 1.30 bits per heavy atom. The fourth-order valence-corrected chi connectivity index (χ4v) is 2.52. The topological polar surface area (TPSA) is 55.6 Å². The van der Waals surface area contributed by atoms with Gasteiger partial charge in [-0.15, -0.1) is 0 Å². The first-order valence-electron chi connectivity index (χ1n) is 7.15. The maximum absolute atomic E-state index is 12.2. The van der Waals surface area contributed by atoms with E-state index < -0.39 is 5.60 Å². The number of carbonyl (C=O) groups is 1. The zero-order valence-electron chi connectivity index (χ0n) is 12.5. The van der Waals surface area contributed by atoms with Gasteiger partial charge in [-0.2, -0.15) is 0 Å². The summed E-state index contributed by atoms with van der Waals surface area (Å²) in [4.78, 5) is 13.9. The van der Waals surface area contributed by atoms with Crippen LogP contribution in [0, 0.1) is 0 Å². The number of nitrogens with zero attached hydrogens (tertiary/aromatic N) is 1. The van der Waals surface area contributed by atoms with E-state index in [1.165, 1.54) is 5.56 Å². The molecular weight excluding hydrogens is 252 g/mol. The van der Waals surface area contributed by atoms with Gasteiger partial charge < -0.3 is 15.4 Å². The van der Waals surface area contributed by atoms with Gasteiger partial charge in [0.15, 0.2) is 0 Å². The highest BCUT2D eigenvalue weighted by atomic mass is 16.6. The third kappa shape index (κ3) is 3.73. The molecule has 1 heterocycles. The van der Waals surface area contributed by atoms with Crippen molar-refractivity contribution >= 4 is 6.09 Å². The van der Waals surface area contributed by atoms with Gasteiger partial charge in [0.1, 0.15) is 5.60 Å². The molecule has 1 fully saturated rings. The molecule has 4 heteroatoms. The lowest BCUT2D eigenvalue weighted by atomic mass is 9.87. The van der Waals surface area contributed by atoms with Gasteiger partial charge in [-0.3, -0.25) is 0 Å². The van der Waals surface area contributed by atoms with Gasteiger partial charge in [-0.25, -0.2) is 4.79 Å². The van der Waals surface area contributed by atoms with Crippen molar-refractivity contribution in [2.75, 3.05) is 13.1 Å². The maximum atomic E-state index is 12.2. The lowest BCUT2D eigenvalue weighted by molar-refractivity contribution is 0.0186. The fourth-order valence-electron chi connectivity index (χ4n) is 2.52. The summed E-state index contributed by atoms with van der Waals surface area (Å²) in [6, 6.07) is 10.2. The second-order valence-corrected chi connectivity index (χ2v) is 6.40. The summed E-state index contributed by atoms with van der Waals surface area (Å²) in [5.41, 5.74) is 6.95. The zero-order chi connectivity index (χ0) is 14.8. The lowest BCUT2D eigenvalue weighted by Gasteiger charge is -2.37. The molecule has 1 saturated heterocycles. The zero-order valence-corrected chi connectivity index (χ0v) is 12.5. The first-order chi connectivity index (χ1) is 9.37. The smallest absolute Gasteiger partial charge is 0.410 e. The molecule has 1 aromatic carbocycles. The van der Waals surface area contributed by atoms with Gasteiger partial charge >= 0.3 is 6.09 Å². The van der Waals surface area contributed by atoms with Crippen molar-refractivity contribution < 1.29 is 9.53 Å². The van der Waals surface area contributed by atoms with Crippen molar-refractivity contribution in [1.29, 1.82) is 0 Å². The second kappa shape index (κ2) is 5.83. The van der Waals surface area contributed by atoms with E-state index in [-0.39, 0.29) is 18.1 Å². The summed E-state index contributed by atoms with van der Waals surface area (Å²) >= 11 is 0. The molecule has 110 valence electrons. The van der Waals surface area contributed by atoms with Crippen molar-refractivity contribution in [3.8, 4) is 0 Å². The summed E-state index contributed by atoms with van der Waals surface area (Å²) in [6.45, 7) is 6.94. The standard InChI is InChI=1S/C16H24N2O2/c1-16(2,3)20-15(19)18-10-9-14(17)13(11-18)12-7-5-4-6-8-12/h4-8,13-14H,9-11,17H2,1-3H3/t13-,14+/m0/s1. The molecule has 1 aliphatic rings. The average molecular weight is 276 g/mol. The van der Waals surface area contributed by atoms with Gasteiger partial charge in [0, 0.05) is 25.0 Å². The second-order valence-electron chi connectivity index (χ2n) is 6.40. The molecule has 0 aromatic heterocycles. The summed E-state index contributed by atoms with van der Waals surface area (Å²) in [5.74, 6) is 0.178. The third-order valence-corrected chi connectivity index (χ3v) is 3.55. The van der Waals surface area contributed by atoms with E-state index in [9.17, 15) is 4.79 Å². The number of rotatable bonds is 1. The van der Waals surface area contributed by atoms with Crippen molar-refractivity contribution in [2.24, 2.45) is 5.73 Å². The molecule has 1 aromatic rings. The molecule has 1 aliphatic heterocycles. The van der Waals surface area contributed by atoms with E-state index >= 15 is 0 Å². The van der Waals surface area contributed by atoms with Crippen LogP contribution < -0.4 is 5.73 Å². The minimum absolute atomic E-state index is 0.0936. The van der Waals surface area contributed by atoms with Crippen molar-refractivity contribution in [3.05, 3.63) is 35.9 Å². The van der Waals surface area contributed by atoms with Crippen LogP contribution in [0.4, 0.5) is 4.79 Å². The molecule has 0 bridgehead atoms. The van der Waals surface area contributed by atoms with Crippen molar-refractivity contribution in [2.45, 2.75) is 44.8 Å². The molecule has 20 heavy (non-hydrogen) atoms. The molecule has 2 N–H and O–H groups in total. The van der Waals surface area contributed by atoms with Gasteiger partial charge in [0.05, 0.1) is 0 Å². The number of carbonyl (C=O) groups excluding carboxylic acids is 1. The Bertz CT molecular complexity index is 453. The maximum Gasteiger partial charge on any atom is 0.410 e. The van der Waals surface area contributed by atoms with Crippen LogP contribution in [0.3, 0.4) is 0 Å². The Labute approximate surface area is 120 Å². The van der Waals surface area contributed by atoms with Crippen LogP contribution in [0.1, 0.15) is 38.7 Å². The molecule has 0 radical (unpaired) electrons.